The molecule has 2 heteroatoms. The molecule has 1 saturated carbocycles. The molecule has 4 atom stereocenters. The lowest BCUT2D eigenvalue weighted by Crippen LogP contribution is -2.40. The molecule has 0 bridgehead atoms. The standard InChI is InChI=1S/C26H32OSi/c1-18-21-16-22(27)25(20-14-10-7-11-15-20)26(21,2)17-23(28(3,4)5)24(18)19-12-8-6-9-13-19/h6-15,21-22,25,27H,1,16-17H2,2-5H3/t21?,22-,25?,26+/m1/s1. The molecule has 1 fully saturated rings. The van der Waals surface area contributed by atoms with Crippen molar-refractivity contribution in [2.24, 2.45) is 11.3 Å². The molecule has 0 aliphatic heterocycles. The lowest BCUT2D eigenvalue weighted by atomic mass is 9.62. The SMILES string of the molecule is C=C1C(c2ccccc2)=C([Si](C)(C)C)C[C@@]2(C)C1C[C@@H](O)C2c1ccccc1. The Bertz CT molecular complexity index is 906. The van der Waals surface area contributed by atoms with Crippen molar-refractivity contribution in [1.82, 2.24) is 0 Å². The summed E-state index contributed by atoms with van der Waals surface area (Å²) in [6.07, 6.45) is 1.56. The minimum atomic E-state index is -1.57. The molecular weight excluding hydrogens is 356 g/mol. The van der Waals surface area contributed by atoms with Crippen LogP contribution >= 0.6 is 0 Å². The number of aliphatic hydroxyl groups excluding tert-OH is 1. The Labute approximate surface area is 170 Å². The van der Waals surface area contributed by atoms with Crippen molar-refractivity contribution in [1.29, 1.82) is 0 Å². The smallest absolute Gasteiger partial charge is 0.0732 e. The van der Waals surface area contributed by atoms with Crippen LogP contribution in [0, 0.1) is 11.3 Å². The van der Waals surface area contributed by atoms with Crippen molar-refractivity contribution < 1.29 is 5.11 Å². The Kier molecular flexibility index (Phi) is 4.76. The van der Waals surface area contributed by atoms with Crippen molar-refractivity contribution in [2.75, 3.05) is 0 Å². The maximum absolute atomic E-state index is 11.2. The summed E-state index contributed by atoms with van der Waals surface area (Å²) < 4.78 is 0. The molecule has 1 nitrogen and oxygen atoms in total. The summed E-state index contributed by atoms with van der Waals surface area (Å²) >= 11 is 0. The highest BCUT2D eigenvalue weighted by Gasteiger charge is 2.56. The van der Waals surface area contributed by atoms with Gasteiger partial charge in [0.2, 0.25) is 0 Å². The van der Waals surface area contributed by atoms with Gasteiger partial charge in [-0.25, -0.2) is 0 Å². The molecule has 0 amide bonds. The van der Waals surface area contributed by atoms with E-state index >= 15 is 0 Å². The number of hydrogen-bond donors (Lipinski definition) is 1. The fourth-order valence-electron chi connectivity index (χ4n) is 5.78. The second-order valence-corrected chi connectivity index (χ2v) is 15.0. The van der Waals surface area contributed by atoms with Crippen molar-refractivity contribution in [3.05, 3.63) is 89.1 Å². The molecule has 2 aromatic rings. The summed E-state index contributed by atoms with van der Waals surface area (Å²) in [5.74, 6) is 0.488. The van der Waals surface area contributed by atoms with Gasteiger partial charge in [-0.1, -0.05) is 99.0 Å². The number of hydrogen-bond acceptors (Lipinski definition) is 1. The quantitative estimate of drug-likeness (QED) is 0.599. The first-order chi connectivity index (χ1) is 13.2. The molecule has 0 aromatic heterocycles. The number of fused-ring (bicyclic) bond motifs is 1. The molecule has 0 saturated heterocycles. The van der Waals surface area contributed by atoms with Crippen LogP contribution in [-0.2, 0) is 0 Å². The van der Waals surface area contributed by atoms with Crippen LogP contribution in [0.3, 0.4) is 0 Å². The van der Waals surface area contributed by atoms with Crippen LogP contribution in [0.1, 0.15) is 36.8 Å². The molecule has 0 heterocycles. The number of allylic oxidation sites excluding steroid dienone is 3. The van der Waals surface area contributed by atoms with Gasteiger partial charge in [0.1, 0.15) is 0 Å². The van der Waals surface area contributed by atoms with Gasteiger partial charge in [0.25, 0.3) is 0 Å². The van der Waals surface area contributed by atoms with Gasteiger partial charge in [-0.15, -0.1) is 0 Å². The maximum Gasteiger partial charge on any atom is 0.0732 e. The van der Waals surface area contributed by atoms with Crippen LogP contribution in [0.2, 0.25) is 19.6 Å². The topological polar surface area (TPSA) is 20.2 Å². The van der Waals surface area contributed by atoms with E-state index in [1.54, 1.807) is 5.20 Å². The van der Waals surface area contributed by atoms with Crippen molar-refractivity contribution in [2.45, 2.75) is 51.4 Å². The van der Waals surface area contributed by atoms with Crippen LogP contribution < -0.4 is 0 Å². The molecule has 2 aliphatic rings. The summed E-state index contributed by atoms with van der Waals surface area (Å²) in [6, 6.07) is 21.4. The van der Waals surface area contributed by atoms with E-state index in [9.17, 15) is 5.11 Å². The molecule has 0 radical (unpaired) electrons. The second-order valence-electron chi connectivity index (χ2n) is 9.92. The van der Waals surface area contributed by atoms with E-state index < -0.39 is 8.07 Å². The third-order valence-electron chi connectivity index (χ3n) is 7.10. The largest absolute Gasteiger partial charge is 0.392 e. The molecule has 1 N–H and O–H groups in total. The van der Waals surface area contributed by atoms with Gasteiger partial charge in [0.05, 0.1) is 14.2 Å². The predicted molar refractivity (Wildman–Crippen MR) is 122 cm³/mol. The predicted octanol–water partition coefficient (Wildman–Crippen LogP) is 6.45. The van der Waals surface area contributed by atoms with E-state index in [0.29, 0.717) is 5.92 Å². The van der Waals surface area contributed by atoms with E-state index in [-0.39, 0.29) is 17.4 Å². The van der Waals surface area contributed by atoms with E-state index in [2.05, 4.69) is 93.8 Å². The zero-order valence-corrected chi connectivity index (χ0v) is 18.6. The van der Waals surface area contributed by atoms with Gasteiger partial charge in [-0.2, -0.15) is 0 Å². The molecule has 0 spiro atoms. The maximum atomic E-state index is 11.2. The molecule has 4 rings (SSSR count). The second kappa shape index (κ2) is 6.86. The van der Waals surface area contributed by atoms with E-state index in [4.69, 9.17) is 0 Å². The van der Waals surface area contributed by atoms with Crippen LogP contribution in [-0.4, -0.2) is 19.3 Å². The lowest BCUT2D eigenvalue weighted by Gasteiger charge is -2.47. The first-order valence-electron chi connectivity index (χ1n) is 10.4. The Morgan fingerprint density at radius 3 is 2.11 bits per heavy atom. The highest BCUT2D eigenvalue weighted by molar-refractivity contribution is 6.84. The number of rotatable bonds is 3. The van der Waals surface area contributed by atoms with Gasteiger partial charge in [-0.05, 0) is 46.4 Å². The summed E-state index contributed by atoms with van der Waals surface area (Å²) in [5.41, 5.74) is 5.22. The van der Waals surface area contributed by atoms with E-state index in [1.807, 2.05) is 0 Å². The van der Waals surface area contributed by atoms with Crippen LogP contribution in [0.25, 0.3) is 5.57 Å². The summed E-state index contributed by atoms with van der Waals surface area (Å²) in [4.78, 5) is 0. The molecular formula is C26H32OSi. The normalized spacial score (nSPS) is 30.5. The number of benzene rings is 2. The summed E-state index contributed by atoms with van der Waals surface area (Å²) in [6.45, 7) is 14.4. The zero-order valence-electron chi connectivity index (χ0n) is 17.6. The van der Waals surface area contributed by atoms with Crippen LogP contribution in [0.5, 0.6) is 0 Å². The molecule has 2 aliphatic carbocycles. The molecule has 146 valence electrons. The lowest BCUT2D eigenvalue weighted by molar-refractivity contribution is 0.131. The summed E-state index contributed by atoms with van der Waals surface area (Å²) in [7, 11) is -1.57. The summed E-state index contributed by atoms with van der Waals surface area (Å²) in [5, 5.41) is 12.8. The number of aliphatic hydroxyl groups is 1. The van der Waals surface area contributed by atoms with Gasteiger partial charge in [-0.3, -0.25) is 0 Å². The van der Waals surface area contributed by atoms with Gasteiger partial charge in [0.15, 0.2) is 0 Å². The van der Waals surface area contributed by atoms with Gasteiger partial charge < -0.3 is 5.11 Å². The Morgan fingerprint density at radius 1 is 0.964 bits per heavy atom. The Morgan fingerprint density at radius 2 is 1.54 bits per heavy atom. The highest BCUT2D eigenvalue weighted by Crippen LogP contribution is 2.63. The highest BCUT2D eigenvalue weighted by atomic mass is 28.3. The van der Waals surface area contributed by atoms with Crippen molar-refractivity contribution in [3.63, 3.8) is 0 Å². The first-order valence-corrected chi connectivity index (χ1v) is 13.9. The minimum absolute atomic E-state index is 0.0196. The third kappa shape index (κ3) is 3.03. The molecule has 28 heavy (non-hydrogen) atoms. The average Bonchev–Trinajstić information content (AvgIpc) is 2.93. The fourth-order valence-corrected chi connectivity index (χ4v) is 7.75. The first kappa shape index (κ1) is 19.4. The zero-order chi connectivity index (χ0) is 20.1. The van der Waals surface area contributed by atoms with Crippen molar-refractivity contribution in [3.8, 4) is 0 Å². The van der Waals surface area contributed by atoms with Crippen LogP contribution in [0.4, 0.5) is 0 Å². The van der Waals surface area contributed by atoms with E-state index in [0.717, 1.165) is 12.8 Å². The average molecular weight is 389 g/mol. The minimum Gasteiger partial charge on any atom is -0.392 e. The Hall–Kier alpha value is -1.90. The van der Waals surface area contributed by atoms with Crippen LogP contribution in [0.15, 0.2) is 78.0 Å². The van der Waals surface area contributed by atoms with Crippen molar-refractivity contribution >= 4 is 13.6 Å². The molecule has 2 aromatic carbocycles. The van der Waals surface area contributed by atoms with E-state index in [1.165, 1.54) is 22.3 Å². The van der Waals surface area contributed by atoms with Gasteiger partial charge >= 0.3 is 0 Å². The third-order valence-corrected chi connectivity index (χ3v) is 9.33. The fraction of sp³-hybridized carbons (Fsp3) is 0.385. The molecule has 2 unspecified atom stereocenters. The Balaban J connectivity index is 1.89. The van der Waals surface area contributed by atoms with Gasteiger partial charge in [0, 0.05) is 5.92 Å². The monoisotopic (exact) mass is 388 g/mol.